The van der Waals surface area contributed by atoms with Crippen LogP contribution in [0.1, 0.15) is 30.9 Å². The number of aliphatic imine (C=N–C) groups is 1. The molecule has 10 heteroatoms. The highest BCUT2D eigenvalue weighted by molar-refractivity contribution is 6.30. The summed E-state index contributed by atoms with van der Waals surface area (Å²) in [4.78, 5) is 16.6. The average molecular weight is 481 g/mol. The summed E-state index contributed by atoms with van der Waals surface area (Å²) in [5, 5.41) is 10.6. The first kappa shape index (κ1) is 22.0. The number of anilines is 2. The molecule has 2 aromatic carbocycles. The molecule has 2 heterocycles. The van der Waals surface area contributed by atoms with Crippen molar-refractivity contribution in [1.82, 2.24) is 9.78 Å². The zero-order chi connectivity index (χ0) is 23.7. The zero-order valence-corrected chi connectivity index (χ0v) is 18.8. The smallest absolute Gasteiger partial charge is 0.324 e. The number of urea groups is 1. The van der Waals surface area contributed by atoms with Gasteiger partial charge in [-0.2, -0.15) is 5.10 Å². The molecule has 8 nitrogen and oxygen atoms in total. The van der Waals surface area contributed by atoms with Crippen LogP contribution >= 0.6 is 11.6 Å². The van der Waals surface area contributed by atoms with Crippen molar-refractivity contribution < 1.29 is 13.9 Å². The highest BCUT2D eigenvalue weighted by atomic mass is 35.5. The van der Waals surface area contributed by atoms with Crippen LogP contribution in [0, 0.1) is 5.82 Å². The van der Waals surface area contributed by atoms with Gasteiger partial charge in [0.2, 0.25) is 0 Å². The van der Waals surface area contributed by atoms with Gasteiger partial charge in [-0.25, -0.2) is 18.9 Å². The number of nitrogens with zero attached hydrogens (tertiary/aromatic N) is 3. The van der Waals surface area contributed by atoms with Crippen LogP contribution < -0.4 is 21.1 Å². The molecule has 34 heavy (non-hydrogen) atoms. The van der Waals surface area contributed by atoms with Crippen molar-refractivity contribution in [2.45, 2.75) is 31.3 Å². The lowest BCUT2D eigenvalue weighted by atomic mass is 10.2. The summed E-state index contributed by atoms with van der Waals surface area (Å²) in [6, 6.07) is 12.6. The molecule has 2 amide bonds. The lowest BCUT2D eigenvalue weighted by Gasteiger charge is -2.18. The fourth-order valence-electron chi connectivity index (χ4n) is 3.60. The molecule has 1 saturated carbocycles. The van der Waals surface area contributed by atoms with E-state index in [0.717, 1.165) is 24.2 Å². The largest absolute Gasteiger partial charge is 0.486 e. The van der Waals surface area contributed by atoms with Crippen LogP contribution in [-0.4, -0.2) is 27.8 Å². The van der Waals surface area contributed by atoms with Crippen molar-refractivity contribution >= 4 is 35.0 Å². The van der Waals surface area contributed by atoms with Gasteiger partial charge < -0.3 is 15.8 Å². The highest BCUT2D eigenvalue weighted by Gasteiger charge is 2.28. The Morgan fingerprint density at radius 2 is 1.94 bits per heavy atom. The van der Waals surface area contributed by atoms with E-state index >= 15 is 0 Å². The van der Waals surface area contributed by atoms with Crippen molar-refractivity contribution in [2.24, 2.45) is 10.7 Å². The van der Waals surface area contributed by atoms with Gasteiger partial charge in [-0.05, 0) is 55.3 Å². The Morgan fingerprint density at radius 3 is 2.65 bits per heavy atom. The number of amides is 2. The number of benzene rings is 2. The van der Waals surface area contributed by atoms with Crippen LogP contribution in [0.2, 0.25) is 5.02 Å². The van der Waals surface area contributed by atoms with E-state index in [1.54, 1.807) is 35.2 Å². The van der Waals surface area contributed by atoms with Crippen LogP contribution in [0.3, 0.4) is 0 Å². The third-order valence-corrected chi connectivity index (χ3v) is 5.72. The van der Waals surface area contributed by atoms with E-state index in [1.165, 1.54) is 12.1 Å². The van der Waals surface area contributed by atoms with Gasteiger partial charge in [-0.15, -0.1) is 0 Å². The van der Waals surface area contributed by atoms with Crippen LogP contribution in [0.25, 0.3) is 5.69 Å². The molecule has 0 bridgehead atoms. The zero-order valence-electron chi connectivity index (χ0n) is 18.0. The Labute approximate surface area is 200 Å². The number of rotatable bonds is 6. The van der Waals surface area contributed by atoms with Crippen molar-refractivity contribution in [3.05, 3.63) is 77.3 Å². The molecule has 1 aromatic heterocycles. The molecule has 1 aliphatic heterocycles. The molecule has 0 radical (unpaired) electrons. The molecular formula is C24H22ClFN6O2. The fourth-order valence-corrected chi connectivity index (χ4v) is 3.73. The number of hydrogen-bond acceptors (Lipinski definition) is 5. The number of carbonyl (C=O) groups is 1. The molecule has 174 valence electrons. The van der Waals surface area contributed by atoms with Crippen LogP contribution in [-0.2, 0) is 0 Å². The summed E-state index contributed by atoms with van der Waals surface area (Å²) in [6.07, 6.45) is 5.53. The quantitative estimate of drug-likeness (QED) is 0.450. The fraction of sp³-hybridized carbons (Fsp3) is 0.208. The summed E-state index contributed by atoms with van der Waals surface area (Å²) >= 11 is 6.00. The van der Waals surface area contributed by atoms with E-state index in [2.05, 4.69) is 20.7 Å². The molecule has 4 N–H and O–H groups in total. The van der Waals surface area contributed by atoms with Crippen molar-refractivity contribution in [3.8, 4) is 11.4 Å². The number of ether oxygens (including phenoxy) is 1. The summed E-state index contributed by atoms with van der Waals surface area (Å²) in [5.41, 5.74) is 7.38. The van der Waals surface area contributed by atoms with Gasteiger partial charge in [0.05, 0.1) is 17.1 Å². The van der Waals surface area contributed by atoms with E-state index in [0.29, 0.717) is 34.8 Å². The summed E-state index contributed by atoms with van der Waals surface area (Å²) in [5.74, 6) is 1.01. The molecule has 1 unspecified atom stereocenters. The lowest BCUT2D eigenvalue weighted by Crippen LogP contribution is -2.25. The van der Waals surface area contributed by atoms with Gasteiger partial charge in [0, 0.05) is 35.7 Å². The van der Waals surface area contributed by atoms with Crippen LogP contribution in [0.15, 0.2) is 65.8 Å². The van der Waals surface area contributed by atoms with E-state index in [-0.39, 0.29) is 11.8 Å². The number of hydrogen-bond donors (Lipinski definition) is 3. The first-order valence-corrected chi connectivity index (χ1v) is 11.2. The van der Waals surface area contributed by atoms with Gasteiger partial charge in [-0.3, -0.25) is 5.32 Å². The number of carbonyl (C=O) groups excluding carboxylic acids is 1. The number of nitrogens with one attached hydrogen (secondary N) is 2. The van der Waals surface area contributed by atoms with E-state index in [4.69, 9.17) is 22.1 Å². The van der Waals surface area contributed by atoms with Crippen LogP contribution in [0.5, 0.6) is 5.75 Å². The minimum absolute atomic E-state index is 0.0186. The maximum atomic E-state index is 14.7. The Balaban J connectivity index is 1.28. The van der Waals surface area contributed by atoms with Crippen molar-refractivity contribution in [2.75, 3.05) is 10.6 Å². The predicted molar refractivity (Wildman–Crippen MR) is 129 cm³/mol. The van der Waals surface area contributed by atoms with E-state index in [1.807, 2.05) is 18.2 Å². The second kappa shape index (κ2) is 9.18. The predicted octanol–water partition coefficient (Wildman–Crippen LogP) is 5.21. The van der Waals surface area contributed by atoms with Gasteiger partial charge in [-0.1, -0.05) is 11.6 Å². The second-order valence-electron chi connectivity index (χ2n) is 8.16. The molecule has 0 spiro atoms. The standard InChI is InChI=1S/C24H22ClFN6O2/c25-15-3-5-16(6-4-15)32-23(13-21(31-32)14-1-2-14)30-24(33)29-20-8-7-17(11-19(20)26)34-18-9-10-28-22(27)12-18/h3-11,13-14,18H,1-2,12H2,(H2,27,28)(H2,29,30,33). The maximum Gasteiger partial charge on any atom is 0.324 e. The van der Waals surface area contributed by atoms with Gasteiger partial charge in [0.1, 0.15) is 29.3 Å². The first-order valence-electron chi connectivity index (χ1n) is 10.8. The molecule has 2 aliphatic rings. The molecule has 3 aromatic rings. The van der Waals surface area contributed by atoms with Crippen molar-refractivity contribution in [3.63, 3.8) is 0 Å². The third-order valence-electron chi connectivity index (χ3n) is 5.46. The second-order valence-corrected chi connectivity index (χ2v) is 8.60. The molecule has 5 rings (SSSR count). The lowest BCUT2D eigenvalue weighted by molar-refractivity contribution is 0.254. The average Bonchev–Trinajstić information content (AvgIpc) is 3.57. The normalized spacial score (nSPS) is 17.2. The first-order chi connectivity index (χ1) is 16.4. The topological polar surface area (TPSA) is 107 Å². The van der Waals surface area contributed by atoms with E-state index < -0.39 is 11.8 Å². The minimum atomic E-state index is -0.626. The Morgan fingerprint density at radius 1 is 1.15 bits per heavy atom. The van der Waals surface area contributed by atoms with Gasteiger partial charge in [0.25, 0.3) is 0 Å². The third kappa shape index (κ3) is 5.04. The molecule has 0 saturated heterocycles. The van der Waals surface area contributed by atoms with Gasteiger partial charge in [0.15, 0.2) is 0 Å². The summed E-state index contributed by atoms with van der Waals surface area (Å²) in [7, 11) is 0. The van der Waals surface area contributed by atoms with E-state index in [9.17, 15) is 9.18 Å². The molecule has 1 atom stereocenters. The van der Waals surface area contributed by atoms with Crippen LogP contribution in [0.4, 0.5) is 20.7 Å². The SMILES string of the molecule is NC1=NC=CC(Oc2ccc(NC(=O)Nc3cc(C4CC4)nn3-c3ccc(Cl)cc3)c(F)c2)C1. The molecular weight excluding hydrogens is 459 g/mol. The maximum absolute atomic E-state index is 14.7. The molecule has 1 aliphatic carbocycles. The molecule has 1 fully saturated rings. The monoisotopic (exact) mass is 480 g/mol. The Hall–Kier alpha value is -3.85. The summed E-state index contributed by atoms with van der Waals surface area (Å²) < 4.78 is 22.0. The minimum Gasteiger partial charge on any atom is -0.486 e. The Bertz CT molecular complexity index is 1280. The number of nitrogens with two attached hydrogens (primary N) is 1. The van der Waals surface area contributed by atoms with Crippen molar-refractivity contribution in [1.29, 1.82) is 0 Å². The Kier molecular flexibility index (Phi) is 5.93. The highest BCUT2D eigenvalue weighted by Crippen LogP contribution is 2.40. The van der Waals surface area contributed by atoms with Gasteiger partial charge >= 0.3 is 6.03 Å². The number of aromatic nitrogens is 2. The summed E-state index contributed by atoms with van der Waals surface area (Å²) in [6.45, 7) is 0. The number of amidine groups is 1. The number of halogens is 2.